The molecule has 19 rings (SSSR count). The fourth-order valence-electron chi connectivity index (χ4n) is 23.0. The highest BCUT2D eigenvalue weighted by Gasteiger charge is 2.94. The fourth-order valence-corrected chi connectivity index (χ4v) is 23.0. The van der Waals surface area contributed by atoms with E-state index in [-0.39, 0.29) is 35.2 Å². The first-order valence-electron chi connectivity index (χ1n) is 30.0. The summed E-state index contributed by atoms with van der Waals surface area (Å²) in [6.07, 6.45) is 32.4. The summed E-state index contributed by atoms with van der Waals surface area (Å²) in [6, 6.07) is 7.23. The van der Waals surface area contributed by atoms with E-state index in [0.717, 1.165) is 62.9 Å². The number of carbonyl (C=O) groups excluding carboxylic acids is 2. The molecule has 1 aromatic rings. The van der Waals surface area contributed by atoms with Crippen molar-refractivity contribution in [2.24, 2.45) is 80.7 Å². The van der Waals surface area contributed by atoms with Crippen LogP contribution in [0.15, 0.2) is 63.8 Å². The number of nitrogens with two attached hydrogens (primary N) is 1. The SMILES string of the molecule is C[C@H]1CC2=C3[C@H]4C5=C6[C@@H]7C[C@@]41CCC7=C[C@@H](C1CCCCC1)C[C@H]1[C@]64C(=O)O/C(=C(/O)C[C@@H]([C@@H]6CCCC7(CCCC7)C6)N6C[C@H]7C[C@@H](C6)[C@@H](CC2)N3C7)[C@@]4(CC5)[C@]12OC(=O)c1c(CCCN)cccc12. The van der Waals surface area contributed by atoms with E-state index in [1.54, 1.807) is 22.4 Å². The third-order valence-electron chi connectivity index (χ3n) is 25.3. The second kappa shape index (κ2) is 15.2. The maximum atomic E-state index is 16.7. The van der Waals surface area contributed by atoms with E-state index in [1.807, 2.05) is 0 Å². The molecule has 15 atom stereocenters. The van der Waals surface area contributed by atoms with Gasteiger partial charge >= 0.3 is 11.9 Å². The topological polar surface area (TPSA) is 105 Å². The number of aryl methyl sites for hydroxylation is 1. The molecule has 71 heavy (non-hydrogen) atoms. The maximum Gasteiger partial charge on any atom is 0.339 e. The number of hydrogen-bond donors (Lipinski definition) is 2. The van der Waals surface area contributed by atoms with Crippen molar-refractivity contribution in [3.63, 3.8) is 0 Å². The van der Waals surface area contributed by atoms with Crippen LogP contribution in [0.2, 0.25) is 0 Å². The summed E-state index contributed by atoms with van der Waals surface area (Å²) in [5.74, 6) is 3.78. The Morgan fingerprint density at radius 3 is 2.54 bits per heavy atom. The Morgan fingerprint density at radius 1 is 0.831 bits per heavy atom. The molecule has 5 saturated carbocycles. The van der Waals surface area contributed by atoms with Gasteiger partial charge in [-0.1, -0.05) is 86.4 Å². The van der Waals surface area contributed by atoms with Crippen LogP contribution >= 0.6 is 0 Å². The molecular formula is C63H81N3O5. The van der Waals surface area contributed by atoms with Gasteiger partial charge in [-0.05, 0) is 186 Å². The molecule has 378 valence electrons. The van der Waals surface area contributed by atoms with E-state index in [1.165, 1.54) is 121 Å². The number of ether oxygens (including phenoxy) is 2. The van der Waals surface area contributed by atoms with Gasteiger partial charge in [0.2, 0.25) is 0 Å². The van der Waals surface area contributed by atoms with Gasteiger partial charge in [0.1, 0.15) is 11.2 Å². The molecule has 9 heterocycles. The maximum absolute atomic E-state index is 16.7. The summed E-state index contributed by atoms with van der Waals surface area (Å²) >= 11 is 0. The number of aliphatic hydroxyl groups is 1. The number of esters is 2. The van der Waals surface area contributed by atoms with E-state index >= 15 is 9.59 Å². The Morgan fingerprint density at radius 2 is 1.68 bits per heavy atom. The van der Waals surface area contributed by atoms with Crippen molar-refractivity contribution in [1.29, 1.82) is 0 Å². The molecular weight excluding hydrogens is 879 g/mol. The summed E-state index contributed by atoms with van der Waals surface area (Å²) in [6.45, 7) is 6.55. The first kappa shape index (κ1) is 44.0. The van der Waals surface area contributed by atoms with Crippen LogP contribution in [0.25, 0.3) is 0 Å². The minimum absolute atomic E-state index is 0.125. The van der Waals surface area contributed by atoms with Crippen molar-refractivity contribution < 1.29 is 24.2 Å². The summed E-state index contributed by atoms with van der Waals surface area (Å²) < 4.78 is 14.8. The predicted molar refractivity (Wildman–Crippen MR) is 272 cm³/mol. The van der Waals surface area contributed by atoms with E-state index < -0.39 is 16.4 Å². The summed E-state index contributed by atoms with van der Waals surface area (Å²) in [4.78, 5) is 38.0. The van der Waals surface area contributed by atoms with Crippen LogP contribution < -0.4 is 5.73 Å². The molecule has 1 aromatic carbocycles. The van der Waals surface area contributed by atoms with E-state index in [4.69, 9.17) is 15.2 Å². The molecule has 0 radical (unpaired) electrons. The van der Waals surface area contributed by atoms with Crippen LogP contribution in [-0.2, 0) is 26.3 Å². The average molecular weight is 960 g/mol. The van der Waals surface area contributed by atoms with Gasteiger partial charge in [0.15, 0.2) is 11.4 Å². The highest BCUT2D eigenvalue weighted by molar-refractivity contribution is 6.00. The van der Waals surface area contributed by atoms with Crippen LogP contribution in [0, 0.1) is 74.9 Å². The van der Waals surface area contributed by atoms with Crippen LogP contribution in [0.1, 0.15) is 189 Å². The number of fused-ring (bicyclic) bond motifs is 3. The van der Waals surface area contributed by atoms with Crippen molar-refractivity contribution >= 4 is 11.9 Å². The van der Waals surface area contributed by atoms with Crippen LogP contribution in [0.3, 0.4) is 0 Å². The van der Waals surface area contributed by atoms with E-state index in [2.05, 4.69) is 41.0 Å². The summed E-state index contributed by atoms with van der Waals surface area (Å²) in [5.41, 5.74) is 14.4. The Hall–Kier alpha value is -3.36. The number of aliphatic hydroxyl groups excluding tert-OH is 1. The quantitative estimate of drug-likeness (QED) is 0.222. The number of allylic oxidation sites excluding steroid dienone is 4. The Labute approximate surface area is 423 Å². The molecule has 0 amide bonds. The van der Waals surface area contributed by atoms with Gasteiger partial charge < -0.3 is 25.2 Å². The second-order valence-corrected chi connectivity index (χ2v) is 27.7. The first-order valence-corrected chi connectivity index (χ1v) is 30.0. The van der Waals surface area contributed by atoms with Crippen molar-refractivity contribution in [2.75, 3.05) is 26.2 Å². The second-order valence-electron chi connectivity index (χ2n) is 27.7. The minimum atomic E-state index is -1.13. The zero-order chi connectivity index (χ0) is 47.4. The number of nitrogens with zero attached hydrogens (tertiary/aromatic N) is 2. The normalized spacial score (nSPS) is 47.3. The molecule has 3 N–H and O–H groups in total. The Bertz CT molecular complexity index is 2650. The Kier molecular flexibility index (Phi) is 9.39. The van der Waals surface area contributed by atoms with Crippen molar-refractivity contribution in [1.82, 2.24) is 9.80 Å². The van der Waals surface area contributed by atoms with Gasteiger partial charge in [0.25, 0.3) is 0 Å². The largest absolute Gasteiger partial charge is 0.509 e. The van der Waals surface area contributed by atoms with Crippen LogP contribution in [0.5, 0.6) is 0 Å². The zero-order valence-electron chi connectivity index (χ0n) is 42.9. The molecule has 3 saturated heterocycles. The summed E-state index contributed by atoms with van der Waals surface area (Å²) in [5, 5.41) is 13.8. The minimum Gasteiger partial charge on any atom is -0.509 e. The molecule has 8 nitrogen and oxygen atoms in total. The monoisotopic (exact) mass is 960 g/mol. The lowest BCUT2D eigenvalue weighted by atomic mass is 9.26. The molecule has 8 heteroatoms. The third-order valence-corrected chi connectivity index (χ3v) is 25.3. The van der Waals surface area contributed by atoms with E-state index in [9.17, 15) is 5.11 Å². The first-order chi connectivity index (χ1) is 34.6. The number of piperidine rings is 2. The van der Waals surface area contributed by atoms with Gasteiger partial charge in [-0.25, -0.2) is 4.79 Å². The molecule has 8 fully saturated rings. The van der Waals surface area contributed by atoms with Gasteiger partial charge in [-0.3, -0.25) is 9.69 Å². The lowest BCUT2D eigenvalue weighted by Crippen LogP contribution is -2.78. The highest BCUT2D eigenvalue weighted by atomic mass is 16.6. The van der Waals surface area contributed by atoms with Gasteiger partial charge in [0, 0.05) is 67.2 Å². The smallest absolute Gasteiger partial charge is 0.339 e. The van der Waals surface area contributed by atoms with Crippen LogP contribution in [-0.4, -0.2) is 65.1 Å². The molecule has 14 bridgehead atoms. The average Bonchev–Trinajstić information content (AvgIpc) is 4.17. The predicted octanol–water partition coefficient (Wildman–Crippen LogP) is 12.1. The number of hydrogen-bond acceptors (Lipinski definition) is 8. The van der Waals surface area contributed by atoms with Crippen molar-refractivity contribution in [3.05, 3.63) is 80.5 Å². The van der Waals surface area contributed by atoms with Gasteiger partial charge in [-0.2, -0.15) is 0 Å². The molecule has 9 aliphatic carbocycles. The van der Waals surface area contributed by atoms with Gasteiger partial charge in [-0.15, -0.1) is 0 Å². The molecule has 9 aliphatic heterocycles. The molecule has 0 aromatic heterocycles. The van der Waals surface area contributed by atoms with Crippen molar-refractivity contribution in [2.45, 2.75) is 192 Å². The van der Waals surface area contributed by atoms with Crippen LogP contribution in [0.4, 0.5) is 0 Å². The third kappa shape index (κ3) is 5.33. The zero-order valence-corrected chi connectivity index (χ0v) is 42.9. The lowest BCUT2D eigenvalue weighted by molar-refractivity contribution is -0.284. The molecule has 5 spiro atoms. The highest BCUT2D eigenvalue weighted by Crippen LogP contribution is 2.89. The number of rotatable bonds is 5. The number of carbonyl (C=O) groups is 2. The Balaban J connectivity index is 0.985. The van der Waals surface area contributed by atoms with E-state index in [0.29, 0.717) is 95.8 Å². The summed E-state index contributed by atoms with van der Waals surface area (Å²) in [7, 11) is 0. The fraction of sp³-hybridized carbons (Fsp3) is 0.746. The lowest BCUT2D eigenvalue weighted by Gasteiger charge is -2.74. The van der Waals surface area contributed by atoms with Gasteiger partial charge in [0.05, 0.1) is 11.0 Å². The van der Waals surface area contributed by atoms with Crippen molar-refractivity contribution in [3.8, 4) is 0 Å². The number of benzene rings is 1. The molecule has 1 unspecified atom stereocenters. The molecule has 18 aliphatic rings. The standard InChI is InChI=1S/C63H81N3O5/c1-36-26-41-16-17-48-44-27-37-33-65(35-44)49(42-13-8-22-59(31-42)20-5-6-21-59)30-50(67)56-61-24-19-45-53-46-32-60(36,54(45)55(41)66(48)34-37)23-18-40(46)28-43(38-10-3-2-4-11-38)29-51(62(53,61)58(69)70-56)63(61)47-15-7-12-39(14-9-25-64)52(47)57(68)71-63/h7,12,15,28,36-38,42-44,46,48-49,51,54,67H,2-6,8-11,13-14,16-27,29-35,64H2,1H3/b40-28?,56-50+/t36-,37+,42+,43+,44-,46+,48+,49-,51-,54+,60+,61+,62+,63+/m0/s1.